The summed E-state index contributed by atoms with van der Waals surface area (Å²) in [5.41, 5.74) is -2.37. The van der Waals surface area contributed by atoms with Crippen LogP contribution in [0, 0.1) is 28.6 Å². The molecule has 2 bridgehead atoms. The molecule has 17 unspecified atom stereocenters. The molecule has 55 heavy (non-hydrogen) atoms. The second-order valence-corrected chi connectivity index (χ2v) is 87.9. The summed E-state index contributed by atoms with van der Waals surface area (Å²) >= 11 is 0. The Balaban J connectivity index is 2.08. The lowest BCUT2D eigenvalue weighted by Gasteiger charge is -2.66. The van der Waals surface area contributed by atoms with Crippen LogP contribution in [-0.2, 0) is 42.2 Å². The third-order valence-corrected chi connectivity index (χ3v) is 105. The van der Waals surface area contributed by atoms with Crippen molar-refractivity contribution in [3.05, 3.63) is 11.3 Å². The van der Waals surface area contributed by atoms with Crippen molar-refractivity contribution in [3.8, 4) is 0 Å². The van der Waals surface area contributed by atoms with Crippen molar-refractivity contribution in [2.24, 2.45) is 28.6 Å². The summed E-state index contributed by atoms with van der Waals surface area (Å²) in [5, 5.41) is 0. The topological polar surface area (TPSA) is 107 Å². The van der Waals surface area contributed by atoms with E-state index in [1.165, 1.54) is 13.8 Å². The van der Waals surface area contributed by atoms with Crippen molar-refractivity contribution < 1.29 is 42.2 Å². The van der Waals surface area contributed by atoms with Crippen LogP contribution in [0.1, 0.15) is 54.4 Å². The van der Waals surface area contributed by atoms with Gasteiger partial charge in [-0.1, -0.05) is 38.6 Å². The van der Waals surface area contributed by atoms with Crippen molar-refractivity contribution in [2.45, 2.75) is 84.4 Å². The second-order valence-electron chi connectivity index (χ2n) is 14.3. The van der Waals surface area contributed by atoms with Crippen molar-refractivity contribution in [2.75, 3.05) is 6.61 Å². The molecule has 3 aliphatic carbocycles. The van der Waals surface area contributed by atoms with E-state index in [9.17, 15) is 9.59 Å². The summed E-state index contributed by atoms with van der Waals surface area (Å²) in [6.07, 6.45) is -1.00. The zero-order valence-electron chi connectivity index (χ0n) is 31.3. The fourth-order valence-corrected chi connectivity index (χ4v) is 138. The molecule has 3 fully saturated rings. The van der Waals surface area contributed by atoms with Gasteiger partial charge in [0.25, 0.3) is 0 Å². The fraction of sp³-hybridized carbons (Fsp3) is 0.792. The summed E-state index contributed by atoms with van der Waals surface area (Å²) < 4.78 is 40.7. The van der Waals surface area contributed by atoms with E-state index in [0.717, 1.165) is 5.57 Å². The summed E-state index contributed by atoms with van der Waals surface area (Å²) in [6, 6.07) is 0. The van der Waals surface area contributed by atoms with E-state index in [1.54, 1.807) is 0 Å². The van der Waals surface area contributed by atoms with Gasteiger partial charge in [0, 0.05) is 54.6 Å². The van der Waals surface area contributed by atoms with E-state index in [-0.39, 0.29) is 44.6 Å². The lowest BCUT2D eigenvalue weighted by Crippen LogP contribution is -2.78. The molecule has 1 aliphatic heterocycles. The molecule has 0 aromatic rings. The van der Waals surface area contributed by atoms with Crippen LogP contribution in [0.4, 0.5) is 0 Å². The van der Waals surface area contributed by atoms with Gasteiger partial charge in [-0.05, 0) is 65.2 Å². The van der Waals surface area contributed by atoms with Gasteiger partial charge in [-0.3, -0.25) is 14.4 Å². The minimum Gasteiger partial charge on any atom is -0.454 e. The summed E-state index contributed by atoms with van der Waals surface area (Å²) in [5.74, 6) is -2.40. The lowest BCUT2D eigenvalue weighted by molar-refractivity contribution is -0.330. The van der Waals surface area contributed by atoms with Gasteiger partial charge in [-0.25, -0.2) is 0 Å². The molecule has 0 radical (unpaired) electrons. The molecule has 1 heterocycles. The first-order valence-electron chi connectivity index (χ1n) is 16.6. The van der Waals surface area contributed by atoms with Crippen molar-refractivity contribution >= 4 is 197 Å². The number of carbonyl (C=O) groups is 3. The SMILES string of the molecule is CC(=O)OC1=C2C(C)[C@@H](OP(P(P)P(P)P)P(P(P)P)P(P)P)CC([C@@H](OPP)[C@@H]3[C@]4(OC(C)=O)CO[C@@H]4C[C@H](OP(P(P)P)P(P)P)[C@@]3(C)C1=O)C2(C)C. The zero-order valence-corrected chi connectivity index (χ0v) is 54.2. The van der Waals surface area contributed by atoms with Crippen LogP contribution in [0.25, 0.3) is 0 Å². The highest BCUT2D eigenvalue weighted by Gasteiger charge is 2.75. The number of fused-ring (bicyclic) bond motifs is 5. The quantitative estimate of drug-likeness (QED) is 0.117. The Morgan fingerprint density at radius 1 is 0.818 bits per heavy atom. The van der Waals surface area contributed by atoms with Crippen molar-refractivity contribution in [3.63, 3.8) is 0 Å². The first-order chi connectivity index (χ1) is 25.4. The third-order valence-electron chi connectivity index (χ3n) is 10.7. The smallest absolute Gasteiger partial charge is 0.308 e. The number of hydrogen-bond acceptors (Lipinski definition) is 9. The molecule has 316 valence electrons. The Kier molecular flexibility index (Phi) is 23.4. The van der Waals surface area contributed by atoms with E-state index < -0.39 is 117 Å². The average molecular weight is 1170 g/mol. The summed E-state index contributed by atoms with van der Waals surface area (Å²) in [4.78, 5) is 42.4. The van der Waals surface area contributed by atoms with E-state index in [1.807, 2.05) is 6.92 Å². The molecule has 0 aromatic heterocycles. The zero-order chi connectivity index (χ0) is 41.7. The molecule has 24 atom stereocenters. The maximum absolute atomic E-state index is 16.0. The number of ketones is 1. The van der Waals surface area contributed by atoms with Gasteiger partial charge in [0.1, 0.15) is 6.10 Å². The van der Waals surface area contributed by atoms with Gasteiger partial charge in [0.15, 0.2) is 11.4 Å². The maximum Gasteiger partial charge on any atom is 0.308 e. The fourth-order valence-electron chi connectivity index (χ4n) is 8.55. The standard InChI is InChI=1S/C24H56O9P22/c1-10-14(32-48(54(45)51(39)40)55(52(41)42)53(43)44)7-13-18(31-46-34)20-23(6,21(27)19(29-11(2)25)17(10)22(13,4)5)15(33-47(49(35)36)50(37)38)8-16-24(20,9-28-16)30-12(3)26/h10,13-16,18,20,46H,7-9,34-45H2,1-6H3/t10?,13?,14-,15-,16+,18+,20-,23+,24-,48?,54?/m0/s1. The normalized spacial score (nSPS) is 34.7. The largest absolute Gasteiger partial charge is 0.454 e. The molecule has 4 rings (SSSR count). The Morgan fingerprint density at radius 3 is 1.84 bits per heavy atom. The van der Waals surface area contributed by atoms with Crippen LogP contribution >= 0.6 is 180 Å². The van der Waals surface area contributed by atoms with Gasteiger partial charge in [-0.15, -0.1) is 89.3 Å². The molecule has 2 saturated carbocycles. The van der Waals surface area contributed by atoms with Crippen LogP contribution < -0.4 is 0 Å². The summed E-state index contributed by atoms with van der Waals surface area (Å²) in [6.45, 7) is 7.55. The van der Waals surface area contributed by atoms with Gasteiger partial charge >= 0.3 is 11.9 Å². The molecule has 9 nitrogen and oxygen atoms in total. The molecular weight excluding hydrogens is 1110 g/mol. The number of rotatable bonds is 15. The van der Waals surface area contributed by atoms with Crippen molar-refractivity contribution in [1.82, 2.24) is 0 Å². The molecule has 0 N–H and O–H groups in total. The molecule has 0 aromatic carbocycles. The third kappa shape index (κ3) is 11.9. The van der Waals surface area contributed by atoms with Gasteiger partial charge in [-0.2, -0.15) is 0 Å². The monoisotopic (exact) mass is 1170 g/mol. The number of hydrogen-bond donors (Lipinski definition) is 0. The first kappa shape index (κ1) is 55.2. The summed E-state index contributed by atoms with van der Waals surface area (Å²) in [7, 11) is 34.1. The second kappa shape index (κ2) is 23.3. The number of allylic oxidation sites excluding steroid dienone is 1. The Bertz CT molecular complexity index is 1440. The molecule has 31 heteroatoms. The molecule has 4 aliphatic rings. The first-order valence-corrected chi connectivity index (χ1v) is 53.9. The molecular formula is C24H56O9P22. The predicted molar refractivity (Wildman–Crippen MR) is 297 cm³/mol. The van der Waals surface area contributed by atoms with Crippen molar-refractivity contribution in [1.29, 1.82) is 0 Å². The average Bonchev–Trinajstić information content (AvgIpc) is 3.04. The number of carbonyl (C=O) groups excluding carboxylic acids is 3. The minimum absolute atomic E-state index is 0.00601. The predicted octanol–water partition coefficient (Wildman–Crippen LogP) is 14.6. The molecule has 1 saturated heterocycles. The Labute approximate surface area is 367 Å². The van der Waals surface area contributed by atoms with Crippen LogP contribution in [0.5, 0.6) is 0 Å². The van der Waals surface area contributed by atoms with E-state index in [4.69, 9.17) is 27.8 Å². The van der Waals surface area contributed by atoms with Gasteiger partial charge in [0.2, 0.25) is 5.78 Å². The van der Waals surface area contributed by atoms with Crippen LogP contribution in [0.15, 0.2) is 11.3 Å². The van der Waals surface area contributed by atoms with Crippen LogP contribution in [0.3, 0.4) is 0 Å². The van der Waals surface area contributed by atoms with E-state index >= 15 is 4.79 Å². The van der Waals surface area contributed by atoms with Gasteiger partial charge < -0.3 is 27.8 Å². The van der Waals surface area contributed by atoms with Crippen LogP contribution in [-0.4, -0.2) is 54.3 Å². The maximum atomic E-state index is 16.0. The van der Waals surface area contributed by atoms with E-state index in [0.29, 0.717) is 12.8 Å². The number of esters is 2. The van der Waals surface area contributed by atoms with Crippen LogP contribution in [0.2, 0.25) is 0 Å². The number of Topliss-reactive ketones (excluding diaryl/α,β-unsaturated/α-hetero) is 1. The highest BCUT2D eigenvalue weighted by atomic mass is 33.2. The highest BCUT2D eigenvalue weighted by molar-refractivity contribution is 9.19. The lowest BCUT2D eigenvalue weighted by atomic mass is 9.46. The number of ether oxygens (including phenoxy) is 3. The van der Waals surface area contributed by atoms with E-state index in [2.05, 4.69) is 128 Å². The Morgan fingerprint density at radius 2 is 1.40 bits per heavy atom. The minimum atomic E-state index is -1.32. The molecule has 0 spiro atoms. The Hall–Kier alpha value is 7.65. The molecule has 0 amide bonds. The highest BCUT2D eigenvalue weighted by Crippen LogP contribution is 3.17. The van der Waals surface area contributed by atoms with Gasteiger partial charge in [0.05, 0.1) is 45.4 Å².